The van der Waals surface area contributed by atoms with Crippen molar-refractivity contribution in [2.75, 3.05) is 0 Å². The summed E-state index contributed by atoms with van der Waals surface area (Å²) in [6.07, 6.45) is 6.92. The molecule has 2 aromatic rings. The number of hydrogen-bond donors (Lipinski definition) is 0. The topological polar surface area (TPSA) is 102 Å². The number of ketones is 5. The van der Waals surface area contributed by atoms with Crippen molar-refractivity contribution >= 4 is 35.2 Å². The van der Waals surface area contributed by atoms with Crippen LogP contribution in [-0.2, 0) is 30.4 Å². The molecule has 0 N–H and O–H groups in total. The van der Waals surface area contributed by atoms with E-state index < -0.39 is 0 Å². The average molecular weight is 821 g/mol. The summed E-state index contributed by atoms with van der Waals surface area (Å²) >= 11 is 0. The molecule has 0 spiro atoms. The quantitative estimate of drug-likeness (QED) is 0.212. The number of carbonyl (C=O) groups is 6. The maximum Gasteiger partial charge on any atom is 0.168 e. The highest BCUT2D eigenvalue weighted by molar-refractivity contribution is 5.99. The van der Waals surface area contributed by atoms with Gasteiger partial charge in [-0.2, -0.15) is 0 Å². The van der Waals surface area contributed by atoms with Crippen LogP contribution in [-0.4, -0.2) is 35.2 Å². The Hall–Kier alpha value is -3.54. The Bertz CT molecular complexity index is 1520. The number of carbonyl (C=O) groups excluding carboxylic acids is 6. The van der Waals surface area contributed by atoms with Crippen LogP contribution < -0.4 is 0 Å². The largest absolute Gasteiger partial charge is 0.303 e. The normalized spacial score (nSPS) is 13.2. The molecule has 6 nitrogen and oxygen atoms in total. The van der Waals surface area contributed by atoms with Gasteiger partial charge < -0.3 is 4.79 Å². The van der Waals surface area contributed by atoms with Crippen molar-refractivity contribution in [3.05, 3.63) is 71.8 Å². The van der Waals surface area contributed by atoms with Crippen LogP contribution in [0.1, 0.15) is 193 Å². The lowest BCUT2D eigenvalue weighted by atomic mass is 9.82. The number of hydrogen-bond acceptors (Lipinski definition) is 6. The van der Waals surface area contributed by atoms with Gasteiger partial charge in [0.05, 0.1) is 0 Å². The fourth-order valence-corrected chi connectivity index (χ4v) is 5.27. The monoisotopic (exact) mass is 821 g/mol. The predicted octanol–water partition coefficient (Wildman–Crippen LogP) is 14.1. The van der Waals surface area contributed by atoms with E-state index in [0.29, 0.717) is 41.9 Å². The van der Waals surface area contributed by atoms with E-state index in [1.165, 1.54) is 12.8 Å². The van der Waals surface area contributed by atoms with Gasteiger partial charge in [-0.1, -0.05) is 219 Å². The van der Waals surface area contributed by atoms with E-state index in [1.54, 1.807) is 0 Å². The molecular formula is C53H88O6. The fraction of sp³-hybridized carbons (Fsp3) is 0.660. The summed E-state index contributed by atoms with van der Waals surface area (Å²) in [5.41, 5.74) is 0.849. The second kappa shape index (κ2) is 26.6. The van der Waals surface area contributed by atoms with Crippen molar-refractivity contribution in [1.29, 1.82) is 0 Å². The lowest BCUT2D eigenvalue weighted by Crippen LogP contribution is -2.26. The maximum absolute atomic E-state index is 11.7. The SMILES string of the molecule is CC(C)(C)C(=O)C1CCCC1.CC(C)(C)C(=O)Cc1ccccc1.CC(C)(C)C(=O)c1ccccc1.CC(C)(C)C=O.CC(C)C(=O)C(C)(C)C.CCC(=O)C(C)(C)C. The van der Waals surface area contributed by atoms with E-state index in [0.717, 1.165) is 30.3 Å². The van der Waals surface area contributed by atoms with Crippen LogP contribution in [0.15, 0.2) is 60.7 Å². The van der Waals surface area contributed by atoms with Gasteiger partial charge in [-0.25, -0.2) is 0 Å². The summed E-state index contributed by atoms with van der Waals surface area (Å²) in [7, 11) is 0. The van der Waals surface area contributed by atoms with E-state index >= 15 is 0 Å². The van der Waals surface area contributed by atoms with Crippen molar-refractivity contribution in [3.8, 4) is 0 Å². The molecule has 0 amide bonds. The third kappa shape index (κ3) is 30.2. The number of Topliss-reactive ketones (excluding diaryl/α,β-unsaturated/α-hetero) is 5. The highest BCUT2D eigenvalue weighted by Gasteiger charge is 2.31. The standard InChI is InChI=1S/C12H16O.C11H14O.C10H18O.C8H16O.C7H14O.C5H10O/c1-12(2,3)11(13)9-10-7-5-4-6-8-10;1-11(2,3)10(12)9-7-5-4-6-8-9;1-10(2,3)9(11)8-6-4-5-7-8;1-6(2)7(9)8(3,4)5;1-5-6(8)7(2,3)4;1-5(2,3)4-6/h4-8H,9H2,1-3H3;4-8H,1-3H3;8H,4-7H2,1-3H3;6H,1-5H3;5H2,1-4H3;4H,1-3H3. The minimum Gasteiger partial charge on any atom is -0.303 e. The Morgan fingerprint density at radius 3 is 1.17 bits per heavy atom. The highest BCUT2D eigenvalue weighted by Crippen LogP contribution is 2.32. The molecule has 0 unspecified atom stereocenters. The number of aldehydes is 1. The number of benzene rings is 2. The highest BCUT2D eigenvalue weighted by atomic mass is 16.1. The molecule has 336 valence electrons. The van der Waals surface area contributed by atoms with Crippen molar-refractivity contribution < 1.29 is 28.8 Å². The van der Waals surface area contributed by atoms with Gasteiger partial charge in [-0.3, -0.25) is 24.0 Å². The van der Waals surface area contributed by atoms with E-state index in [4.69, 9.17) is 0 Å². The molecule has 3 rings (SSSR count). The summed E-state index contributed by atoms with van der Waals surface area (Å²) in [6, 6.07) is 19.3. The first-order valence-electron chi connectivity index (χ1n) is 21.7. The number of rotatable bonds is 6. The lowest BCUT2D eigenvalue weighted by Gasteiger charge is -2.20. The third-order valence-electron chi connectivity index (χ3n) is 9.00. The van der Waals surface area contributed by atoms with Crippen molar-refractivity contribution in [1.82, 2.24) is 0 Å². The van der Waals surface area contributed by atoms with Gasteiger partial charge in [0.25, 0.3) is 0 Å². The zero-order chi connectivity index (χ0) is 47.2. The molecule has 0 heterocycles. The molecule has 2 aromatic carbocycles. The van der Waals surface area contributed by atoms with Crippen LogP contribution in [0.4, 0.5) is 0 Å². The second-order valence-corrected chi connectivity index (χ2v) is 22.2. The molecule has 0 radical (unpaired) electrons. The Kier molecular flexibility index (Phi) is 27.0. The van der Waals surface area contributed by atoms with Crippen LogP contribution >= 0.6 is 0 Å². The predicted molar refractivity (Wildman–Crippen MR) is 251 cm³/mol. The van der Waals surface area contributed by atoms with Crippen LogP contribution in [0.5, 0.6) is 0 Å². The second-order valence-electron chi connectivity index (χ2n) is 22.2. The van der Waals surface area contributed by atoms with Crippen LogP contribution in [0.3, 0.4) is 0 Å². The van der Waals surface area contributed by atoms with Crippen molar-refractivity contribution in [2.45, 2.75) is 184 Å². The molecule has 6 heteroatoms. The smallest absolute Gasteiger partial charge is 0.168 e. The van der Waals surface area contributed by atoms with Gasteiger partial charge in [0.15, 0.2) is 5.78 Å². The minimum absolute atomic E-state index is 0.116. The van der Waals surface area contributed by atoms with Gasteiger partial charge in [0, 0.05) is 62.7 Å². The summed E-state index contributed by atoms with van der Waals surface area (Å²) in [5.74, 6) is 2.18. The lowest BCUT2D eigenvalue weighted by molar-refractivity contribution is -0.130. The van der Waals surface area contributed by atoms with Gasteiger partial charge >= 0.3 is 0 Å². The molecule has 1 aliphatic rings. The van der Waals surface area contributed by atoms with Gasteiger partial charge in [0.2, 0.25) is 0 Å². The van der Waals surface area contributed by atoms with E-state index in [9.17, 15) is 28.8 Å². The zero-order valence-electron chi connectivity index (χ0n) is 41.7. The van der Waals surface area contributed by atoms with Gasteiger partial charge in [0.1, 0.15) is 29.4 Å². The van der Waals surface area contributed by atoms with Crippen molar-refractivity contribution in [3.63, 3.8) is 0 Å². The molecule has 0 atom stereocenters. The molecule has 0 bridgehead atoms. The van der Waals surface area contributed by atoms with Crippen LogP contribution in [0.2, 0.25) is 0 Å². The Labute approximate surface area is 362 Å². The Morgan fingerprint density at radius 1 is 0.559 bits per heavy atom. The van der Waals surface area contributed by atoms with Gasteiger partial charge in [-0.05, 0) is 18.4 Å². The van der Waals surface area contributed by atoms with E-state index in [2.05, 4.69) is 0 Å². The van der Waals surface area contributed by atoms with Crippen LogP contribution in [0, 0.1) is 44.3 Å². The minimum atomic E-state index is -0.276. The van der Waals surface area contributed by atoms with E-state index in [-0.39, 0.29) is 44.2 Å². The summed E-state index contributed by atoms with van der Waals surface area (Å²) in [5, 5.41) is 0. The van der Waals surface area contributed by atoms with Crippen molar-refractivity contribution in [2.24, 2.45) is 44.3 Å². The van der Waals surface area contributed by atoms with E-state index in [1.807, 2.05) is 206 Å². The third-order valence-corrected chi connectivity index (χ3v) is 9.00. The van der Waals surface area contributed by atoms with Gasteiger partial charge in [-0.15, -0.1) is 0 Å². The molecule has 0 aliphatic heterocycles. The average Bonchev–Trinajstić information content (AvgIpc) is 3.65. The summed E-state index contributed by atoms with van der Waals surface area (Å²) in [6.45, 7) is 40.8. The molecular weight excluding hydrogens is 733 g/mol. The van der Waals surface area contributed by atoms with Crippen LogP contribution in [0.25, 0.3) is 0 Å². The first-order chi connectivity index (χ1) is 26.4. The molecule has 0 saturated heterocycles. The first kappa shape index (κ1) is 59.8. The zero-order valence-corrected chi connectivity index (χ0v) is 41.7. The first-order valence-corrected chi connectivity index (χ1v) is 21.7. The summed E-state index contributed by atoms with van der Waals surface area (Å²) < 4.78 is 0. The molecule has 1 aliphatic carbocycles. The molecule has 1 saturated carbocycles. The maximum atomic E-state index is 11.7. The fourth-order valence-electron chi connectivity index (χ4n) is 5.27. The summed E-state index contributed by atoms with van der Waals surface area (Å²) in [4.78, 5) is 66.8. The molecule has 1 fully saturated rings. The Morgan fingerprint density at radius 2 is 0.932 bits per heavy atom. The Balaban J connectivity index is -0.000000649. The molecule has 59 heavy (non-hydrogen) atoms. The molecule has 0 aromatic heterocycles.